The van der Waals surface area contributed by atoms with Crippen molar-refractivity contribution in [3.63, 3.8) is 0 Å². The molecule has 2 aromatic heterocycles. The van der Waals surface area contributed by atoms with Gasteiger partial charge in [0.1, 0.15) is 15.6 Å². The number of thiazole rings is 1. The van der Waals surface area contributed by atoms with Gasteiger partial charge in [-0.3, -0.25) is 4.99 Å². The van der Waals surface area contributed by atoms with E-state index in [1.807, 2.05) is 43.3 Å². The van der Waals surface area contributed by atoms with Crippen molar-refractivity contribution >= 4 is 47.2 Å². The summed E-state index contributed by atoms with van der Waals surface area (Å²) in [7, 11) is 1.69. The van der Waals surface area contributed by atoms with Gasteiger partial charge in [0.15, 0.2) is 11.7 Å². The summed E-state index contributed by atoms with van der Waals surface area (Å²) in [6.45, 7) is 6.34. The van der Waals surface area contributed by atoms with Crippen LogP contribution in [0.15, 0.2) is 45.9 Å². The molecule has 3 rings (SSSR count). The molecule has 8 nitrogen and oxygen atoms in total. The minimum absolute atomic E-state index is 0. The van der Waals surface area contributed by atoms with Gasteiger partial charge < -0.3 is 19.9 Å². The van der Waals surface area contributed by atoms with Gasteiger partial charge >= 0.3 is 5.97 Å². The predicted octanol–water partition coefficient (Wildman–Crippen LogP) is 4.33. The molecule has 0 bridgehead atoms. The highest BCUT2D eigenvalue weighted by Gasteiger charge is 2.20. The van der Waals surface area contributed by atoms with E-state index in [1.165, 1.54) is 11.3 Å². The van der Waals surface area contributed by atoms with Crippen LogP contribution in [-0.4, -0.2) is 35.7 Å². The van der Waals surface area contributed by atoms with Crippen molar-refractivity contribution < 1.29 is 14.1 Å². The van der Waals surface area contributed by atoms with Crippen LogP contribution in [0.2, 0.25) is 0 Å². The van der Waals surface area contributed by atoms with Crippen LogP contribution in [0, 0.1) is 6.92 Å². The molecule has 0 aliphatic carbocycles. The fraction of sp³-hybridized carbons (Fsp3) is 0.333. The van der Waals surface area contributed by atoms with E-state index in [2.05, 4.69) is 25.8 Å². The molecule has 0 aliphatic rings. The van der Waals surface area contributed by atoms with Gasteiger partial charge in [0, 0.05) is 18.7 Å². The number of carbonyl (C=O) groups is 1. The number of carbonyl (C=O) groups excluding carboxylic acids is 1. The summed E-state index contributed by atoms with van der Waals surface area (Å²) in [6.07, 6.45) is 0. The third-order valence-electron chi connectivity index (χ3n) is 4.28. The van der Waals surface area contributed by atoms with E-state index in [9.17, 15) is 4.79 Å². The summed E-state index contributed by atoms with van der Waals surface area (Å²) in [4.78, 5) is 21.3. The van der Waals surface area contributed by atoms with Gasteiger partial charge in [-0.05, 0) is 20.8 Å². The standard InChI is InChI=1S/C21H25N5O3S.HI/c1-5-28-20(27)18-13(2)24-19(30-18)14(3)25-21(22-4)23-12-16-11-17(29-26-16)15-9-7-6-8-10-15;/h6-11,14H,5,12H2,1-4H3,(H2,22,23,25);1H. The third kappa shape index (κ3) is 6.50. The summed E-state index contributed by atoms with van der Waals surface area (Å²) in [5.74, 6) is 0.972. The molecule has 0 aliphatic heterocycles. The molecule has 0 radical (unpaired) electrons. The number of esters is 1. The van der Waals surface area contributed by atoms with Crippen molar-refractivity contribution in [1.29, 1.82) is 0 Å². The molecule has 0 saturated carbocycles. The van der Waals surface area contributed by atoms with E-state index < -0.39 is 0 Å². The van der Waals surface area contributed by atoms with Crippen LogP contribution < -0.4 is 10.6 Å². The largest absolute Gasteiger partial charge is 0.462 e. The fourth-order valence-electron chi connectivity index (χ4n) is 2.76. The summed E-state index contributed by atoms with van der Waals surface area (Å²) < 4.78 is 10.5. The Labute approximate surface area is 202 Å². The maximum atomic E-state index is 12.0. The first kappa shape index (κ1) is 24.8. The lowest BCUT2D eigenvalue weighted by Crippen LogP contribution is -2.38. The normalized spacial score (nSPS) is 12.1. The van der Waals surface area contributed by atoms with Gasteiger partial charge in [-0.2, -0.15) is 0 Å². The van der Waals surface area contributed by atoms with Gasteiger partial charge in [0.05, 0.1) is 24.9 Å². The quantitative estimate of drug-likeness (QED) is 0.194. The average molecular weight is 555 g/mol. The second-order valence-electron chi connectivity index (χ2n) is 6.53. The second-order valence-corrected chi connectivity index (χ2v) is 7.56. The molecule has 0 saturated heterocycles. The molecule has 2 N–H and O–H groups in total. The minimum atomic E-state index is -0.339. The number of aromatic nitrogens is 2. The lowest BCUT2D eigenvalue weighted by atomic mass is 10.2. The van der Waals surface area contributed by atoms with Crippen molar-refractivity contribution in [3.05, 3.63) is 57.7 Å². The molecule has 2 heterocycles. The zero-order valence-corrected chi connectivity index (χ0v) is 21.0. The number of aliphatic imine (C=N–C) groups is 1. The first-order chi connectivity index (χ1) is 14.5. The lowest BCUT2D eigenvalue weighted by Gasteiger charge is -2.15. The van der Waals surface area contributed by atoms with Crippen molar-refractivity contribution in [3.8, 4) is 11.3 Å². The number of rotatable bonds is 7. The molecular weight excluding hydrogens is 529 g/mol. The number of hydrogen-bond acceptors (Lipinski definition) is 7. The molecule has 0 fully saturated rings. The van der Waals surface area contributed by atoms with Crippen LogP contribution in [0.3, 0.4) is 0 Å². The number of aryl methyl sites for hydroxylation is 1. The highest BCUT2D eigenvalue weighted by atomic mass is 127. The lowest BCUT2D eigenvalue weighted by molar-refractivity contribution is 0.0531. The predicted molar refractivity (Wildman–Crippen MR) is 132 cm³/mol. The highest BCUT2D eigenvalue weighted by Crippen LogP contribution is 2.24. The summed E-state index contributed by atoms with van der Waals surface area (Å²) in [5, 5.41) is 11.4. The highest BCUT2D eigenvalue weighted by molar-refractivity contribution is 14.0. The minimum Gasteiger partial charge on any atom is -0.462 e. The zero-order valence-electron chi connectivity index (χ0n) is 17.8. The van der Waals surface area contributed by atoms with Crippen molar-refractivity contribution in [2.75, 3.05) is 13.7 Å². The number of guanidine groups is 1. The van der Waals surface area contributed by atoms with Crippen LogP contribution >= 0.6 is 35.3 Å². The summed E-state index contributed by atoms with van der Waals surface area (Å²) >= 11 is 1.33. The molecule has 1 atom stereocenters. The molecule has 31 heavy (non-hydrogen) atoms. The number of ether oxygens (including phenoxy) is 1. The Kier molecular flexibility index (Phi) is 9.44. The van der Waals surface area contributed by atoms with E-state index in [0.29, 0.717) is 35.4 Å². The van der Waals surface area contributed by atoms with E-state index in [4.69, 9.17) is 9.26 Å². The number of hydrogen-bond donors (Lipinski definition) is 2. The van der Waals surface area contributed by atoms with Crippen LogP contribution in [-0.2, 0) is 11.3 Å². The molecular formula is C21H26IN5O3S. The van der Waals surface area contributed by atoms with Gasteiger partial charge in [-0.25, -0.2) is 9.78 Å². The molecule has 0 amide bonds. The van der Waals surface area contributed by atoms with E-state index in [-0.39, 0.29) is 36.0 Å². The average Bonchev–Trinajstić information content (AvgIpc) is 3.38. The maximum Gasteiger partial charge on any atom is 0.350 e. The number of halogens is 1. The molecule has 3 aromatic rings. The second kappa shape index (κ2) is 11.8. The monoisotopic (exact) mass is 555 g/mol. The van der Waals surface area contributed by atoms with Crippen molar-refractivity contribution in [1.82, 2.24) is 20.8 Å². The topological polar surface area (TPSA) is 102 Å². The van der Waals surface area contributed by atoms with Crippen LogP contribution in [0.1, 0.15) is 46.0 Å². The first-order valence-corrected chi connectivity index (χ1v) is 10.5. The molecule has 1 aromatic carbocycles. The maximum absolute atomic E-state index is 12.0. The number of benzene rings is 1. The summed E-state index contributed by atoms with van der Waals surface area (Å²) in [5.41, 5.74) is 2.41. The zero-order chi connectivity index (χ0) is 21.5. The Bertz CT molecular complexity index is 1020. The molecule has 0 spiro atoms. The molecule has 166 valence electrons. The van der Waals surface area contributed by atoms with Gasteiger partial charge in [0.2, 0.25) is 0 Å². The Hall–Kier alpha value is -2.47. The molecule has 10 heteroatoms. The Morgan fingerprint density at radius 2 is 2.06 bits per heavy atom. The van der Waals surface area contributed by atoms with Crippen LogP contribution in [0.4, 0.5) is 0 Å². The molecule has 1 unspecified atom stereocenters. The third-order valence-corrected chi connectivity index (χ3v) is 5.60. The van der Waals surface area contributed by atoms with Crippen molar-refractivity contribution in [2.45, 2.75) is 33.4 Å². The Balaban J connectivity index is 0.00000341. The van der Waals surface area contributed by atoms with Gasteiger partial charge in [0.25, 0.3) is 0 Å². The van der Waals surface area contributed by atoms with Gasteiger partial charge in [-0.1, -0.05) is 35.5 Å². The van der Waals surface area contributed by atoms with E-state index in [1.54, 1.807) is 20.9 Å². The number of nitrogens with zero attached hydrogens (tertiary/aromatic N) is 3. The van der Waals surface area contributed by atoms with E-state index in [0.717, 1.165) is 16.3 Å². The SMILES string of the molecule is CCOC(=O)c1sc(C(C)NC(=NC)NCc2cc(-c3ccccc3)on2)nc1C.I. The summed E-state index contributed by atoms with van der Waals surface area (Å²) in [6, 6.07) is 11.6. The van der Waals surface area contributed by atoms with Crippen LogP contribution in [0.5, 0.6) is 0 Å². The van der Waals surface area contributed by atoms with Crippen LogP contribution in [0.25, 0.3) is 11.3 Å². The van der Waals surface area contributed by atoms with E-state index >= 15 is 0 Å². The number of nitrogens with one attached hydrogen (secondary N) is 2. The Morgan fingerprint density at radius 3 is 2.74 bits per heavy atom. The Morgan fingerprint density at radius 1 is 1.32 bits per heavy atom. The van der Waals surface area contributed by atoms with Gasteiger partial charge in [-0.15, -0.1) is 35.3 Å². The first-order valence-electron chi connectivity index (χ1n) is 9.64. The fourth-order valence-corrected chi connectivity index (χ4v) is 3.72. The smallest absolute Gasteiger partial charge is 0.350 e. The van der Waals surface area contributed by atoms with Crippen molar-refractivity contribution in [2.24, 2.45) is 4.99 Å².